The SMILES string of the molecule is NC1(C(=O)NCCC(=O)NCc2ccccc2)CCCCC1. The third-order valence-electron chi connectivity index (χ3n) is 4.17. The van der Waals surface area contributed by atoms with E-state index in [1.54, 1.807) is 0 Å². The Morgan fingerprint density at radius 1 is 1.05 bits per heavy atom. The first-order chi connectivity index (χ1) is 10.6. The van der Waals surface area contributed by atoms with Gasteiger partial charge < -0.3 is 16.4 Å². The Morgan fingerprint density at radius 2 is 1.73 bits per heavy atom. The molecule has 0 bridgehead atoms. The molecule has 0 heterocycles. The third-order valence-corrected chi connectivity index (χ3v) is 4.17. The first-order valence-electron chi connectivity index (χ1n) is 7.98. The van der Waals surface area contributed by atoms with Crippen LogP contribution in [0.4, 0.5) is 0 Å². The van der Waals surface area contributed by atoms with Gasteiger partial charge in [-0.3, -0.25) is 9.59 Å². The number of amides is 2. The molecule has 0 aliphatic heterocycles. The lowest BCUT2D eigenvalue weighted by Gasteiger charge is -2.31. The summed E-state index contributed by atoms with van der Waals surface area (Å²) in [7, 11) is 0. The van der Waals surface area contributed by atoms with E-state index in [9.17, 15) is 9.59 Å². The van der Waals surface area contributed by atoms with Crippen LogP contribution in [0.25, 0.3) is 0 Å². The fourth-order valence-electron chi connectivity index (χ4n) is 2.76. The number of carbonyl (C=O) groups excluding carboxylic acids is 2. The van der Waals surface area contributed by atoms with Gasteiger partial charge in [-0.25, -0.2) is 0 Å². The predicted octanol–water partition coefficient (Wildman–Crippen LogP) is 1.47. The van der Waals surface area contributed by atoms with Crippen molar-refractivity contribution < 1.29 is 9.59 Å². The molecule has 1 fully saturated rings. The Kier molecular flexibility index (Phi) is 5.95. The molecule has 1 aromatic rings. The average molecular weight is 303 g/mol. The maximum Gasteiger partial charge on any atom is 0.240 e. The normalized spacial score (nSPS) is 16.8. The van der Waals surface area contributed by atoms with Gasteiger partial charge in [-0.1, -0.05) is 49.6 Å². The first-order valence-corrected chi connectivity index (χ1v) is 7.98. The smallest absolute Gasteiger partial charge is 0.240 e. The van der Waals surface area contributed by atoms with Crippen LogP contribution in [0.3, 0.4) is 0 Å². The summed E-state index contributed by atoms with van der Waals surface area (Å²) in [4.78, 5) is 23.9. The highest BCUT2D eigenvalue weighted by molar-refractivity contribution is 5.86. The molecular formula is C17H25N3O2. The Hall–Kier alpha value is -1.88. The Labute approximate surface area is 131 Å². The van der Waals surface area contributed by atoms with Crippen molar-refractivity contribution in [3.8, 4) is 0 Å². The zero-order valence-corrected chi connectivity index (χ0v) is 12.9. The number of rotatable bonds is 6. The van der Waals surface area contributed by atoms with Gasteiger partial charge in [0.2, 0.25) is 11.8 Å². The second-order valence-electron chi connectivity index (χ2n) is 5.99. The minimum absolute atomic E-state index is 0.0705. The summed E-state index contributed by atoms with van der Waals surface area (Å²) in [5, 5.41) is 5.64. The summed E-state index contributed by atoms with van der Waals surface area (Å²) in [6, 6.07) is 9.74. The lowest BCUT2D eigenvalue weighted by atomic mass is 9.82. The van der Waals surface area contributed by atoms with Crippen LogP contribution >= 0.6 is 0 Å². The molecular weight excluding hydrogens is 278 g/mol. The summed E-state index contributed by atoms with van der Waals surface area (Å²) in [6.45, 7) is 0.840. The molecule has 1 aliphatic carbocycles. The van der Waals surface area contributed by atoms with Crippen LogP contribution in [0.5, 0.6) is 0 Å². The summed E-state index contributed by atoms with van der Waals surface area (Å²) in [5.74, 6) is -0.193. The lowest BCUT2D eigenvalue weighted by Crippen LogP contribution is -2.55. The molecule has 5 heteroatoms. The minimum atomic E-state index is -0.737. The third kappa shape index (κ3) is 4.84. The molecule has 2 rings (SSSR count). The van der Waals surface area contributed by atoms with E-state index in [0.29, 0.717) is 13.1 Å². The quantitative estimate of drug-likeness (QED) is 0.744. The molecule has 2 amide bonds. The summed E-state index contributed by atoms with van der Waals surface area (Å²) >= 11 is 0. The average Bonchev–Trinajstić information content (AvgIpc) is 2.54. The maximum absolute atomic E-state index is 12.1. The van der Waals surface area contributed by atoms with Crippen molar-refractivity contribution in [1.29, 1.82) is 0 Å². The fourth-order valence-corrected chi connectivity index (χ4v) is 2.76. The van der Waals surface area contributed by atoms with Crippen molar-refractivity contribution >= 4 is 11.8 Å². The zero-order chi connectivity index (χ0) is 15.8. The van der Waals surface area contributed by atoms with Crippen molar-refractivity contribution in [2.24, 2.45) is 5.73 Å². The van der Waals surface area contributed by atoms with Crippen molar-refractivity contribution in [1.82, 2.24) is 10.6 Å². The van der Waals surface area contributed by atoms with Crippen LogP contribution in [0, 0.1) is 0 Å². The molecule has 0 unspecified atom stereocenters. The topological polar surface area (TPSA) is 84.2 Å². The molecule has 0 saturated heterocycles. The number of carbonyl (C=O) groups is 2. The summed E-state index contributed by atoms with van der Waals surface area (Å²) < 4.78 is 0. The van der Waals surface area contributed by atoms with E-state index in [1.807, 2.05) is 30.3 Å². The van der Waals surface area contributed by atoms with Crippen molar-refractivity contribution in [2.45, 2.75) is 50.6 Å². The van der Waals surface area contributed by atoms with Gasteiger partial charge in [-0.15, -0.1) is 0 Å². The highest BCUT2D eigenvalue weighted by atomic mass is 16.2. The maximum atomic E-state index is 12.1. The van der Waals surface area contributed by atoms with Gasteiger partial charge in [-0.05, 0) is 18.4 Å². The largest absolute Gasteiger partial charge is 0.354 e. The van der Waals surface area contributed by atoms with E-state index in [1.165, 1.54) is 0 Å². The van der Waals surface area contributed by atoms with Gasteiger partial charge in [0.05, 0.1) is 5.54 Å². The van der Waals surface area contributed by atoms with Crippen molar-refractivity contribution in [3.63, 3.8) is 0 Å². The van der Waals surface area contributed by atoms with Gasteiger partial charge in [-0.2, -0.15) is 0 Å². The van der Waals surface area contributed by atoms with E-state index in [2.05, 4.69) is 10.6 Å². The van der Waals surface area contributed by atoms with Crippen molar-refractivity contribution in [2.75, 3.05) is 6.54 Å². The first kappa shape index (κ1) is 16.5. The number of hydrogen-bond donors (Lipinski definition) is 3. The molecule has 4 N–H and O–H groups in total. The second kappa shape index (κ2) is 7.94. The highest BCUT2D eigenvalue weighted by Crippen LogP contribution is 2.25. The van der Waals surface area contributed by atoms with E-state index >= 15 is 0 Å². The van der Waals surface area contributed by atoms with Crippen LogP contribution in [0.1, 0.15) is 44.1 Å². The molecule has 0 spiro atoms. The van der Waals surface area contributed by atoms with Crippen LogP contribution in [0.2, 0.25) is 0 Å². The fraction of sp³-hybridized carbons (Fsp3) is 0.529. The number of benzene rings is 1. The number of nitrogens with two attached hydrogens (primary N) is 1. The van der Waals surface area contributed by atoms with E-state index in [-0.39, 0.29) is 18.2 Å². The second-order valence-corrected chi connectivity index (χ2v) is 5.99. The Morgan fingerprint density at radius 3 is 2.41 bits per heavy atom. The molecule has 1 saturated carbocycles. The van der Waals surface area contributed by atoms with E-state index < -0.39 is 5.54 Å². The Balaban J connectivity index is 1.65. The molecule has 0 atom stereocenters. The van der Waals surface area contributed by atoms with Crippen LogP contribution in [-0.2, 0) is 16.1 Å². The van der Waals surface area contributed by atoms with Gasteiger partial charge in [0.25, 0.3) is 0 Å². The standard InChI is InChI=1S/C17H25N3O2/c18-17(10-5-2-6-11-17)16(22)19-12-9-15(21)20-13-14-7-3-1-4-8-14/h1,3-4,7-8H,2,5-6,9-13,18H2,(H,19,22)(H,20,21). The van der Waals surface area contributed by atoms with Gasteiger partial charge in [0, 0.05) is 19.5 Å². The lowest BCUT2D eigenvalue weighted by molar-refractivity contribution is -0.127. The molecule has 1 aromatic carbocycles. The van der Waals surface area contributed by atoms with Crippen molar-refractivity contribution in [3.05, 3.63) is 35.9 Å². The minimum Gasteiger partial charge on any atom is -0.354 e. The monoisotopic (exact) mass is 303 g/mol. The molecule has 0 aromatic heterocycles. The highest BCUT2D eigenvalue weighted by Gasteiger charge is 2.34. The molecule has 22 heavy (non-hydrogen) atoms. The van der Waals surface area contributed by atoms with Gasteiger partial charge in [0.15, 0.2) is 0 Å². The number of nitrogens with one attached hydrogen (secondary N) is 2. The van der Waals surface area contributed by atoms with E-state index in [4.69, 9.17) is 5.73 Å². The van der Waals surface area contributed by atoms with E-state index in [0.717, 1.165) is 37.7 Å². The Bertz CT molecular complexity index is 496. The predicted molar refractivity (Wildman–Crippen MR) is 85.9 cm³/mol. The van der Waals surface area contributed by atoms with Crippen LogP contribution in [-0.4, -0.2) is 23.9 Å². The van der Waals surface area contributed by atoms with Gasteiger partial charge >= 0.3 is 0 Å². The summed E-state index contributed by atoms with van der Waals surface area (Å²) in [5.41, 5.74) is 6.46. The molecule has 1 aliphatic rings. The molecule has 0 radical (unpaired) electrons. The van der Waals surface area contributed by atoms with Gasteiger partial charge in [0.1, 0.15) is 0 Å². The van der Waals surface area contributed by atoms with Crippen LogP contribution in [0.15, 0.2) is 30.3 Å². The molecule has 5 nitrogen and oxygen atoms in total. The zero-order valence-electron chi connectivity index (χ0n) is 12.9. The van der Waals surface area contributed by atoms with Crippen LogP contribution < -0.4 is 16.4 Å². The molecule has 120 valence electrons. The summed E-state index contributed by atoms with van der Waals surface area (Å²) in [6.07, 6.45) is 4.89. The number of hydrogen-bond acceptors (Lipinski definition) is 3.